The van der Waals surface area contributed by atoms with Crippen LogP contribution in [-0.2, 0) is 4.79 Å². The molecular formula is C23H26ClN3O4. The van der Waals surface area contributed by atoms with E-state index in [9.17, 15) is 9.59 Å². The largest absolute Gasteiger partial charge is 0.486 e. The smallest absolute Gasteiger partial charge is 0.253 e. The average molecular weight is 444 g/mol. The van der Waals surface area contributed by atoms with E-state index >= 15 is 0 Å². The highest BCUT2D eigenvalue weighted by atomic mass is 35.5. The first kappa shape index (κ1) is 21.5. The van der Waals surface area contributed by atoms with E-state index in [0.29, 0.717) is 55.7 Å². The van der Waals surface area contributed by atoms with E-state index in [0.717, 1.165) is 18.7 Å². The fourth-order valence-corrected chi connectivity index (χ4v) is 3.98. The van der Waals surface area contributed by atoms with Gasteiger partial charge >= 0.3 is 0 Å². The molecule has 1 unspecified atom stereocenters. The van der Waals surface area contributed by atoms with Gasteiger partial charge in [0.05, 0.1) is 13.1 Å². The number of nitrogens with zero attached hydrogens (tertiary/aromatic N) is 2. The maximum Gasteiger partial charge on any atom is 0.253 e. The third-order valence-corrected chi connectivity index (χ3v) is 5.64. The van der Waals surface area contributed by atoms with Crippen LogP contribution >= 0.6 is 11.6 Å². The van der Waals surface area contributed by atoms with Crippen molar-refractivity contribution >= 4 is 23.4 Å². The van der Waals surface area contributed by atoms with Gasteiger partial charge in [-0.3, -0.25) is 14.5 Å². The Morgan fingerprint density at radius 3 is 2.71 bits per heavy atom. The van der Waals surface area contributed by atoms with Crippen molar-refractivity contribution in [3.05, 3.63) is 59.1 Å². The third kappa shape index (κ3) is 5.68. The fourth-order valence-electron chi connectivity index (χ4n) is 3.79. The highest BCUT2D eigenvalue weighted by molar-refractivity contribution is 6.30. The molecule has 7 nitrogen and oxygen atoms in total. The number of para-hydroxylation sites is 2. The lowest BCUT2D eigenvalue weighted by Gasteiger charge is -2.27. The van der Waals surface area contributed by atoms with E-state index in [-0.39, 0.29) is 17.9 Å². The van der Waals surface area contributed by atoms with E-state index in [4.69, 9.17) is 21.1 Å². The van der Waals surface area contributed by atoms with Crippen LogP contribution in [0.25, 0.3) is 0 Å². The number of hydrogen-bond donors (Lipinski definition) is 1. The molecule has 0 radical (unpaired) electrons. The molecule has 2 aliphatic rings. The molecule has 0 aliphatic carbocycles. The first-order valence-corrected chi connectivity index (χ1v) is 10.9. The van der Waals surface area contributed by atoms with Gasteiger partial charge in [0.1, 0.15) is 12.7 Å². The van der Waals surface area contributed by atoms with E-state index in [2.05, 4.69) is 10.2 Å². The zero-order chi connectivity index (χ0) is 21.6. The van der Waals surface area contributed by atoms with Crippen molar-refractivity contribution in [2.45, 2.75) is 12.5 Å². The maximum atomic E-state index is 12.7. The Kier molecular flexibility index (Phi) is 6.94. The Morgan fingerprint density at radius 1 is 1.03 bits per heavy atom. The number of carbonyl (C=O) groups is 2. The molecule has 0 bridgehead atoms. The number of halogens is 1. The molecule has 31 heavy (non-hydrogen) atoms. The molecule has 164 valence electrons. The lowest BCUT2D eigenvalue weighted by Crippen LogP contribution is -2.45. The Labute approximate surface area is 186 Å². The molecule has 2 aromatic rings. The Bertz CT molecular complexity index is 939. The van der Waals surface area contributed by atoms with E-state index < -0.39 is 0 Å². The lowest BCUT2D eigenvalue weighted by atomic mass is 10.2. The van der Waals surface area contributed by atoms with Crippen molar-refractivity contribution in [1.29, 1.82) is 0 Å². The monoisotopic (exact) mass is 443 g/mol. The van der Waals surface area contributed by atoms with E-state index in [1.165, 1.54) is 0 Å². The summed E-state index contributed by atoms with van der Waals surface area (Å²) in [6.07, 6.45) is 0.601. The second kappa shape index (κ2) is 10.0. The minimum atomic E-state index is -0.214. The third-order valence-electron chi connectivity index (χ3n) is 5.41. The molecule has 0 spiro atoms. The van der Waals surface area contributed by atoms with Crippen molar-refractivity contribution < 1.29 is 19.1 Å². The lowest BCUT2D eigenvalue weighted by molar-refractivity contribution is -0.122. The number of nitrogens with one attached hydrogen (secondary N) is 1. The zero-order valence-electron chi connectivity index (χ0n) is 17.3. The van der Waals surface area contributed by atoms with Gasteiger partial charge in [0.2, 0.25) is 5.91 Å². The van der Waals surface area contributed by atoms with Crippen LogP contribution < -0.4 is 14.8 Å². The number of amides is 2. The number of fused-ring (bicyclic) bond motifs is 1. The summed E-state index contributed by atoms with van der Waals surface area (Å²) >= 11 is 6.01. The highest BCUT2D eigenvalue weighted by Gasteiger charge is 2.23. The van der Waals surface area contributed by atoms with Crippen LogP contribution in [0.5, 0.6) is 11.5 Å². The fraction of sp³-hybridized carbons (Fsp3) is 0.391. The van der Waals surface area contributed by atoms with Crippen molar-refractivity contribution in [2.75, 3.05) is 45.9 Å². The summed E-state index contributed by atoms with van der Waals surface area (Å²) in [5.74, 6) is 1.34. The quantitative estimate of drug-likeness (QED) is 0.768. The van der Waals surface area contributed by atoms with Crippen LogP contribution in [0, 0.1) is 0 Å². The van der Waals surface area contributed by atoms with Gasteiger partial charge < -0.3 is 19.7 Å². The van der Waals surface area contributed by atoms with E-state index in [1.807, 2.05) is 29.2 Å². The molecule has 1 N–H and O–H groups in total. The van der Waals surface area contributed by atoms with Crippen molar-refractivity contribution in [3.63, 3.8) is 0 Å². The predicted molar refractivity (Wildman–Crippen MR) is 118 cm³/mol. The van der Waals surface area contributed by atoms with Crippen LogP contribution in [0.15, 0.2) is 48.5 Å². The van der Waals surface area contributed by atoms with Crippen molar-refractivity contribution in [2.24, 2.45) is 0 Å². The van der Waals surface area contributed by atoms with Gasteiger partial charge in [0.25, 0.3) is 5.91 Å². The molecule has 2 heterocycles. The molecule has 8 heteroatoms. The SMILES string of the molecule is O=C(CN1CCCN(C(=O)c2cccc(Cl)c2)CC1)NCC1COc2ccccc2O1. The van der Waals surface area contributed by atoms with Crippen LogP contribution in [0.3, 0.4) is 0 Å². The average Bonchev–Trinajstić information content (AvgIpc) is 3.02. The van der Waals surface area contributed by atoms with Crippen LogP contribution in [0.2, 0.25) is 5.02 Å². The molecule has 0 aromatic heterocycles. The second-order valence-corrected chi connectivity index (χ2v) is 8.17. The second-order valence-electron chi connectivity index (χ2n) is 7.73. The number of carbonyl (C=O) groups excluding carboxylic acids is 2. The van der Waals surface area contributed by atoms with Gasteiger partial charge in [0, 0.05) is 36.8 Å². The standard InChI is InChI=1S/C23H26ClN3O4/c24-18-6-3-5-17(13-18)23(29)27-10-4-9-26(11-12-27)15-22(28)25-14-19-16-30-20-7-1-2-8-21(20)31-19/h1-3,5-8,13,19H,4,9-12,14-16H2,(H,25,28). The van der Waals surface area contributed by atoms with E-state index in [1.54, 1.807) is 24.3 Å². The molecule has 1 saturated heterocycles. The van der Waals surface area contributed by atoms with Crippen molar-refractivity contribution in [1.82, 2.24) is 15.1 Å². The summed E-state index contributed by atoms with van der Waals surface area (Å²) in [5, 5.41) is 3.49. The molecule has 2 aliphatic heterocycles. The van der Waals surface area contributed by atoms with Crippen LogP contribution in [0.1, 0.15) is 16.8 Å². The molecule has 1 atom stereocenters. The van der Waals surface area contributed by atoms with Crippen LogP contribution in [0.4, 0.5) is 0 Å². The van der Waals surface area contributed by atoms with Gasteiger partial charge in [-0.15, -0.1) is 0 Å². The normalized spacial score (nSPS) is 18.9. The molecule has 2 amide bonds. The minimum absolute atomic E-state index is 0.0245. The summed E-state index contributed by atoms with van der Waals surface area (Å²) in [7, 11) is 0. The summed E-state index contributed by atoms with van der Waals surface area (Å²) in [5.41, 5.74) is 0.593. The van der Waals surface area contributed by atoms with Crippen molar-refractivity contribution in [3.8, 4) is 11.5 Å². The summed E-state index contributed by atoms with van der Waals surface area (Å²) in [6, 6.07) is 14.5. The number of benzene rings is 2. The first-order chi connectivity index (χ1) is 15.1. The van der Waals surface area contributed by atoms with Crippen LogP contribution in [-0.4, -0.2) is 73.6 Å². The number of rotatable bonds is 5. The predicted octanol–water partition coefficient (Wildman–Crippen LogP) is 2.44. The molecule has 4 rings (SSSR count). The van der Waals surface area contributed by atoms with Gasteiger partial charge in [-0.2, -0.15) is 0 Å². The molecular weight excluding hydrogens is 418 g/mol. The van der Waals surface area contributed by atoms with Gasteiger partial charge in [0.15, 0.2) is 11.5 Å². The Hall–Kier alpha value is -2.77. The molecule has 0 saturated carbocycles. The number of ether oxygens (including phenoxy) is 2. The van der Waals surface area contributed by atoms with Gasteiger partial charge in [-0.1, -0.05) is 29.8 Å². The Balaban J connectivity index is 1.22. The highest BCUT2D eigenvalue weighted by Crippen LogP contribution is 2.30. The summed E-state index contributed by atoms with van der Waals surface area (Å²) in [4.78, 5) is 29.1. The number of hydrogen-bond acceptors (Lipinski definition) is 5. The first-order valence-electron chi connectivity index (χ1n) is 10.5. The van der Waals surface area contributed by atoms with Gasteiger partial charge in [-0.25, -0.2) is 0 Å². The topological polar surface area (TPSA) is 71.1 Å². The maximum absolute atomic E-state index is 12.7. The zero-order valence-corrected chi connectivity index (χ0v) is 18.0. The molecule has 2 aromatic carbocycles. The molecule has 1 fully saturated rings. The summed E-state index contributed by atoms with van der Waals surface area (Å²) < 4.78 is 11.6. The van der Waals surface area contributed by atoms with Gasteiger partial charge in [-0.05, 0) is 36.8 Å². The Morgan fingerprint density at radius 2 is 1.87 bits per heavy atom. The minimum Gasteiger partial charge on any atom is -0.486 e. The summed E-state index contributed by atoms with van der Waals surface area (Å²) in [6.45, 7) is 3.75.